The summed E-state index contributed by atoms with van der Waals surface area (Å²) < 4.78 is 5.28. The zero-order valence-corrected chi connectivity index (χ0v) is 9.34. The highest BCUT2D eigenvalue weighted by molar-refractivity contribution is 5.65. The number of aliphatic carboxylic acids is 1. The van der Waals surface area contributed by atoms with Gasteiger partial charge in [0, 0.05) is 11.9 Å². The Morgan fingerprint density at radius 2 is 1.94 bits per heavy atom. The summed E-state index contributed by atoms with van der Waals surface area (Å²) in [4.78, 5) is 10.7. The molecule has 0 aliphatic rings. The molecule has 0 saturated heterocycles. The van der Waals surface area contributed by atoms with Crippen molar-refractivity contribution in [1.29, 1.82) is 0 Å². The maximum atomic E-state index is 10.7. The van der Waals surface area contributed by atoms with E-state index in [-0.39, 0.29) is 12.3 Å². The van der Waals surface area contributed by atoms with Crippen LogP contribution in [0.25, 0.3) is 0 Å². The van der Waals surface area contributed by atoms with Gasteiger partial charge in [0.05, 0.1) is 6.26 Å². The van der Waals surface area contributed by atoms with Crippen molar-refractivity contribution in [3.8, 4) is 0 Å². The molecule has 0 unspecified atom stereocenters. The lowest BCUT2D eigenvalue weighted by Crippen LogP contribution is -2.25. The van der Waals surface area contributed by atoms with Crippen LogP contribution in [0.3, 0.4) is 0 Å². The van der Waals surface area contributed by atoms with Gasteiger partial charge in [-0.3, -0.25) is 0 Å². The summed E-state index contributed by atoms with van der Waals surface area (Å²) in [5.74, 6) is -0.530. The van der Waals surface area contributed by atoms with Crippen LogP contribution in [0.5, 0.6) is 0 Å². The van der Waals surface area contributed by atoms with Crippen molar-refractivity contribution in [2.45, 2.75) is 18.8 Å². The van der Waals surface area contributed by atoms with E-state index in [2.05, 4.69) is 0 Å². The molecule has 0 spiro atoms. The molecule has 0 bridgehead atoms. The third-order valence-corrected chi connectivity index (χ3v) is 2.68. The molecule has 0 saturated carbocycles. The number of rotatable bonds is 5. The van der Waals surface area contributed by atoms with Gasteiger partial charge in [0.2, 0.25) is 0 Å². The highest BCUT2D eigenvalue weighted by atomic mass is 16.4. The molecule has 0 radical (unpaired) electrons. The molecule has 1 aromatic heterocycles. The smallest absolute Gasteiger partial charge is 0.107 e. The summed E-state index contributed by atoms with van der Waals surface area (Å²) in [6, 6.07) is 13.3. The third-order valence-electron chi connectivity index (χ3n) is 2.68. The Labute approximate surface area is 99.7 Å². The van der Waals surface area contributed by atoms with E-state index in [0.29, 0.717) is 12.2 Å². The molecule has 0 aliphatic heterocycles. The molecule has 1 atom stereocenters. The zero-order chi connectivity index (χ0) is 12.1. The van der Waals surface area contributed by atoms with Crippen LogP contribution in [0.4, 0.5) is 0 Å². The molecule has 0 fully saturated rings. The molecule has 2 rings (SSSR count). The first kappa shape index (κ1) is 11.5. The molecule has 0 N–H and O–H groups in total. The second kappa shape index (κ2) is 5.34. The number of carbonyl (C=O) groups excluding carboxylic acids is 1. The van der Waals surface area contributed by atoms with Gasteiger partial charge >= 0.3 is 0 Å². The monoisotopic (exact) mass is 229 g/mol. The van der Waals surface area contributed by atoms with Gasteiger partial charge in [-0.05, 0) is 30.5 Å². The predicted octanol–water partition coefficient (Wildman–Crippen LogP) is 1.75. The number of furan rings is 1. The van der Waals surface area contributed by atoms with Crippen LogP contribution < -0.4 is 5.11 Å². The Kier molecular flexibility index (Phi) is 3.60. The molecule has 88 valence electrons. The van der Waals surface area contributed by atoms with Crippen molar-refractivity contribution in [3.63, 3.8) is 0 Å². The molecule has 0 aliphatic carbocycles. The number of carboxylic acid groups (broad SMARTS) is 1. The Morgan fingerprint density at radius 3 is 2.53 bits per heavy atom. The van der Waals surface area contributed by atoms with Crippen LogP contribution in [0.1, 0.15) is 23.7 Å². The normalized spacial score (nSPS) is 12.2. The first-order valence-corrected chi connectivity index (χ1v) is 5.53. The lowest BCUT2D eigenvalue weighted by atomic mass is 9.94. The number of hydrogen-bond acceptors (Lipinski definition) is 3. The zero-order valence-electron chi connectivity index (χ0n) is 9.34. The standard InChI is InChI=1S/C14H14O3/c15-14(16)10-12(13-7-4-8-17-13)9-11-5-2-1-3-6-11/h1-8,12H,9-10H2,(H,15,16)/p-1/t12-/m1/s1. The fraction of sp³-hybridized carbons (Fsp3) is 0.214. The summed E-state index contributed by atoms with van der Waals surface area (Å²) in [6.07, 6.45) is 2.17. The number of hydrogen-bond donors (Lipinski definition) is 0. The summed E-state index contributed by atoms with van der Waals surface area (Å²) in [5.41, 5.74) is 1.09. The van der Waals surface area contributed by atoms with E-state index in [9.17, 15) is 9.90 Å². The van der Waals surface area contributed by atoms with E-state index in [0.717, 1.165) is 5.56 Å². The van der Waals surface area contributed by atoms with E-state index < -0.39 is 5.97 Å². The Balaban J connectivity index is 2.14. The van der Waals surface area contributed by atoms with Gasteiger partial charge in [0.1, 0.15) is 5.76 Å². The van der Waals surface area contributed by atoms with Gasteiger partial charge in [-0.15, -0.1) is 0 Å². The summed E-state index contributed by atoms with van der Waals surface area (Å²) in [7, 11) is 0. The summed E-state index contributed by atoms with van der Waals surface area (Å²) in [6.45, 7) is 0. The topological polar surface area (TPSA) is 53.3 Å². The van der Waals surface area contributed by atoms with Gasteiger partial charge in [-0.2, -0.15) is 0 Å². The van der Waals surface area contributed by atoms with Crippen LogP contribution in [-0.4, -0.2) is 5.97 Å². The minimum absolute atomic E-state index is 0.0254. The van der Waals surface area contributed by atoms with Gasteiger partial charge in [-0.1, -0.05) is 30.3 Å². The summed E-state index contributed by atoms with van der Waals surface area (Å²) >= 11 is 0. The van der Waals surface area contributed by atoms with E-state index >= 15 is 0 Å². The van der Waals surface area contributed by atoms with Crippen molar-refractivity contribution < 1.29 is 14.3 Å². The molecule has 1 heterocycles. The maximum Gasteiger partial charge on any atom is 0.107 e. The molecule has 2 aromatic rings. The minimum atomic E-state index is -1.05. The molecule has 17 heavy (non-hydrogen) atoms. The second-order valence-corrected chi connectivity index (χ2v) is 3.98. The molecule has 3 nitrogen and oxygen atoms in total. The maximum absolute atomic E-state index is 10.7. The Bertz CT molecular complexity index is 459. The largest absolute Gasteiger partial charge is 0.550 e. The molecular formula is C14H13O3-. The van der Waals surface area contributed by atoms with Gasteiger partial charge in [0.25, 0.3) is 0 Å². The molecule has 0 amide bonds. The van der Waals surface area contributed by atoms with Crippen molar-refractivity contribution in [3.05, 3.63) is 60.1 Å². The quantitative estimate of drug-likeness (QED) is 0.784. The van der Waals surface area contributed by atoms with Gasteiger partial charge in [0.15, 0.2) is 0 Å². The van der Waals surface area contributed by atoms with Crippen LogP contribution in [-0.2, 0) is 11.2 Å². The first-order valence-electron chi connectivity index (χ1n) is 5.53. The minimum Gasteiger partial charge on any atom is -0.550 e. The van der Waals surface area contributed by atoms with Crippen LogP contribution in [0, 0.1) is 0 Å². The highest BCUT2D eigenvalue weighted by Crippen LogP contribution is 2.24. The van der Waals surface area contributed by atoms with Crippen molar-refractivity contribution in [1.82, 2.24) is 0 Å². The first-order chi connectivity index (χ1) is 8.25. The number of carboxylic acids is 1. The molecular weight excluding hydrogens is 216 g/mol. The average molecular weight is 229 g/mol. The van der Waals surface area contributed by atoms with Crippen molar-refractivity contribution in [2.24, 2.45) is 0 Å². The van der Waals surface area contributed by atoms with Crippen LogP contribution in [0.15, 0.2) is 53.1 Å². The van der Waals surface area contributed by atoms with Gasteiger partial charge in [-0.25, -0.2) is 0 Å². The lowest BCUT2D eigenvalue weighted by Gasteiger charge is -2.15. The highest BCUT2D eigenvalue weighted by Gasteiger charge is 2.15. The van der Waals surface area contributed by atoms with Crippen molar-refractivity contribution in [2.75, 3.05) is 0 Å². The number of benzene rings is 1. The van der Waals surface area contributed by atoms with Crippen LogP contribution >= 0.6 is 0 Å². The lowest BCUT2D eigenvalue weighted by molar-refractivity contribution is -0.306. The van der Waals surface area contributed by atoms with E-state index in [1.165, 1.54) is 0 Å². The molecule has 1 aromatic carbocycles. The Morgan fingerprint density at radius 1 is 1.18 bits per heavy atom. The average Bonchev–Trinajstić information content (AvgIpc) is 2.82. The fourth-order valence-electron chi connectivity index (χ4n) is 1.90. The second-order valence-electron chi connectivity index (χ2n) is 3.98. The molecule has 3 heteroatoms. The van der Waals surface area contributed by atoms with E-state index in [1.807, 2.05) is 30.3 Å². The van der Waals surface area contributed by atoms with Gasteiger partial charge < -0.3 is 14.3 Å². The van der Waals surface area contributed by atoms with Crippen molar-refractivity contribution >= 4 is 5.97 Å². The van der Waals surface area contributed by atoms with E-state index in [4.69, 9.17) is 4.42 Å². The SMILES string of the molecule is O=C([O-])C[C@@H](Cc1ccccc1)c1ccco1. The predicted molar refractivity (Wildman–Crippen MR) is 61.2 cm³/mol. The number of carbonyl (C=O) groups is 1. The van der Waals surface area contributed by atoms with Crippen LogP contribution in [0.2, 0.25) is 0 Å². The third kappa shape index (κ3) is 3.21. The van der Waals surface area contributed by atoms with E-state index in [1.54, 1.807) is 18.4 Å². The fourth-order valence-corrected chi connectivity index (χ4v) is 1.90. The summed E-state index contributed by atoms with van der Waals surface area (Å²) in [5, 5.41) is 10.7. The Hall–Kier alpha value is -2.03.